The monoisotopic (exact) mass is 324 g/mol. The maximum atomic E-state index is 12.5. The van der Waals surface area contributed by atoms with E-state index < -0.39 is 5.91 Å². The number of hydrogen-bond donors (Lipinski definition) is 1. The number of nitrogens with zero attached hydrogens (tertiary/aromatic N) is 3. The van der Waals surface area contributed by atoms with Gasteiger partial charge in [-0.1, -0.05) is 36.2 Å². The van der Waals surface area contributed by atoms with Gasteiger partial charge in [0.05, 0.1) is 6.21 Å². The average molecular weight is 324 g/mol. The van der Waals surface area contributed by atoms with E-state index in [2.05, 4.69) is 15.5 Å². The Hall–Kier alpha value is -2.76. The number of nitrogens with one attached hydrogen (secondary N) is 1. The Balaban J connectivity index is 1.74. The lowest BCUT2D eigenvalue weighted by Crippen LogP contribution is -2.33. The lowest BCUT2D eigenvalue weighted by atomic mass is 10.2. The second-order valence-electron chi connectivity index (χ2n) is 5.97. The third-order valence-corrected chi connectivity index (χ3v) is 4.11. The van der Waals surface area contributed by atoms with Crippen LogP contribution in [-0.2, 0) is 13.0 Å². The molecule has 24 heavy (non-hydrogen) atoms. The van der Waals surface area contributed by atoms with Crippen molar-refractivity contribution in [2.75, 3.05) is 0 Å². The summed E-state index contributed by atoms with van der Waals surface area (Å²) in [6.45, 7) is 2.62. The molecule has 0 atom stereocenters. The summed E-state index contributed by atoms with van der Waals surface area (Å²) >= 11 is 0. The van der Waals surface area contributed by atoms with Crippen molar-refractivity contribution in [3.8, 4) is 0 Å². The molecule has 1 N–H and O–H groups in total. The lowest BCUT2D eigenvalue weighted by molar-refractivity contribution is 0.0952. The molecule has 6 heteroatoms. The fraction of sp³-hybridized carbons (Fsp3) is 0.333. The van der Waals surface area contributed by atoms with Crippen molar-refractivity contribution in [2.45, 2.75) is 39.2 Å². The van der Waals surface area contributed by atoms with Crippen LogP contribution in [0.4, 0.5) is 0 Å². The molecule has 0 unspecified atom stereocenters. The van der Waals surface area contributed by atoms with Gasteiger partial charge in [0.15, 0.2) is 0 Å². The molecule has 0 radical (unpaired) electrons. The van der Waals surface area contributed by atoms with Crippen molar-refractivity contribution in [3.63, 3.8) is 0 Å². The van der Waals surface area contributed by atoms with Gasteiger partial charge in [0, 0.05) is 19.2 Å². The summed E-state index contributed by atoms with van der Waals surface area (Å²) in [4.78, 5) is 29.0. The number of hydrazone groups is 1. The van der Waals surface area contributed by atoms with Crippen LogP contribution in [-0.4, -0.2) is 21.7 Å². The number of rotatable bonds is 3. The van der Waals surface area contributed by atoms with Crippen molar-refractivity contribution >= 4 is 12.1 Å². The molecule has 3 rings (SSSR count). The summed E-state index contributed by atoms with van der Waals surface area (Å²) in [5.74, 6) is 0.229. The van der Waals surface area contributed by atoms with Gasteiger partial charge in [0.2, 0.25) is 0 Å². The smallest absolute Gasteiger partial charge is 0.278 e. The molecule has 1 aromatic carbocycles. The predicted octanol–water partition coefficient (Wildman–Crippen LogP) is 2.04. The Kier molecular flexibility index (Phi) is 4.84. The largest absolute Gasteiger partial charge is 0.296 e. The van der Waals surface area contributed by atoms with E-state index in [4.69, 9.17) is 0 Å². The molecular formula is C18H20N4O2. The van der Waals surface area contributed by atoms with Gasteiger partial charge < -0.3 is 0 Å². The number of fused-ring (bicyclic) bond motifs is 1. The van der Waals surface area contributed by atoms with Crippen LogP contribution < -0.4 is 11.0 Å². The van der Waals surface area contributed by atoms with Crippen molar-refractivity contribution in [3.05, 3.63) is 63.3 Å². The van der Waals surface area contributed by atoms with Gasteiger partial charge in [-0.05, 0) is 25.3 Å². The normalized spacial score (nSPS) is 14.2. The number of carbonyl (C=O) groups is 1. The molecule has 0 spiro atoms. The van der Waals surface area contributed by atoms with Gasteiger partial charge in [0.25, 0.3) is 11.5 Å². The summed E-state index contributed by atoms with van der Waals surface area (Å²) in [6.07, 6.45) is 6.72. The molecule has 6 nitrogen and oxygen atoms in total. The molecule has 0 fully saturated rings. The van der Waals surface area contributed by atoms with Crippen molar-refractivity contribution < 1.29 is 4.79 Å². The first-order valence-corrected chi connectivity index (χ1v) is 8.14. The summed E-state index contributed by atoms with van der Waals surface area (Å²) in [7, 11) is 0. The van der Waals surface area contributed by atoms with E-state index in [9.17, 15) is 9.59 Å². The van der Waals surface area contributed by atoms with E-state index in [0.29, 0.717) is 6.54 Å². The van der Waals surface area contributed by atoms with Gasteiger partial charge >= 0.3 is 0 Å². The molecule has 1 aliphatic heterocycles. The van der Waals surface area contributed by atoms with Gasteiger partial charge in [0.1, 0.15) is 11.4 Å². The first kappa shape index (κ1) is 16.1. The summed E-state index contributed by atoms with van der Waals surface area (Å²) < 4.78 is 1.62. The molecule has 1 amide bonds. The Bertz CT molecular complexity index is 822. The van der Waals surface area contributed by atoms with E-state index in [1.54, 1.807) is 10.8 Å². The van der Waals surface area contributed by atoms with E-state index in [-0.39, 0.29) is 11.1 Å². The molecule has 124 valence electrons. The van der Waals surface area contributed by atoms with Crippen LogP contribution >= 0.6 is 0 Å². The molecule has 1 aromatic heterocycles. The Morgan fingerprint density at radius 1 is 1.25 bits per heavy atom. The summed E-state index contributed by atoms with van der Waals surface area (Å²) in [6, 6.07) is 7.74. The van der Waals surface area contributed by atoms with Gasteiger partial charge in [-0.2, -0.15) is 5.10 Å². The van der Waals surface area contributed by atoms with Crippen LogP contribution in [0.5, 0.6) is 0 Å². The minimum Gasteiger partial charge on any atom is -0.296 e. The number of hydrogen-bond acceptors (Lipinski definition) is 4. The van der Waals surface area contributed by atoms with Gasteiger partial charge in [-0.15, -0.1) is 0 Å². The Morgan fingerprint density at radius 3 is 2.83 bits per heavy atom. The standard InChI is InChI=1S/C18H20N4O2/c1-13-6-8-14(9-7-13)11-20-21-17(23)15-12-19-16-5-3-2-4-10-22(16)18(15)24/h6-9,11-12H,2-5,10H2,1H3,(H,21,23)/b20-11+. The molecular weight excluding hydrogens is 304 g/mol. The van der Waals surface area contributed by atoms with Gasteiger partial charge in [-0.25, -0.2) is 10.4 Å². The number of carbonyl (C=O) groups excluding carboxylic acids is 1. The zero-order valence-electron chi connectivity index (χ0n) is 13.7. The predicted molar refractivity (Wildman–Crippen MR) is 92.3 cm³/mol. The minimum absolute atomic E-state index is 0.0294. The van der Waals surface area contributed by atoms with Crippen LogP contribution in [0, 0.1) is 6.92 Å². The Morgan fingerprint density at radius 2 is 2.04 bits per heavy atom. The zero-order chi connectivity index (χ0) is 16.9. The number of aromatic nitrogens is 2. The lowest BCUT2D eigenvalue weighted by Gasteiger charge is -2.09. The minimum atomic E-state index is -0.532. The fourth-order valence-electron chi connectivity index (χ4n) is 2.72. The first-order chi connectivity index (χ1) is 11.6. The van der Waals surface area contributed by atoms with E-state index >= 15 is 0 Å². The third-order valence-electron chi connectivity index (χ3n) is 4.11. The van der Waals surface area contributed by atoms with E-state index in [0.717, 1.165) is 42.6 Å². The second-order valence-corrected chi connectivity index (χ2v) is 5.97. The third kappa shape index (κ3) is 3.59. The molecule has 0 saturated carbocycles. The molecule has 2 aromatic rings. The average Bonchev–Trinajstić information content (AvgIpc) is 2.83. The number of aryl methyl sites for hydroxylation is 2. The van der Waals surface area contributed by atoms with Crippen LogP contribution in [0.25, 0.3) is 0 Å². The first-order valence-electron chi connectivity index (χ1n) is 8.14. The van der Waals surface area contributed by atoms with Crippen LogP contribution in [0.1, 0.15) is 46.6 Å². The van der Waals surface area contributed by atoms with Crippen LogP contribution in [0.3, 0.4) is 0 Å². The SMILES string of the molecule is Cc1ccc(/C=N/NC(=O)c2cnc3n(c2=O)CCCCC3)cc1. The fourth-order valence-corrected chi connectivity index (χ4v) is 2.72. The maximum absolute atomic E-state index is 12.5. The topological polar surface area (TPSA) is 76.3 Å². The number of amides is 1. The van der Waals surface area contributed by atoms with E-state index in [1.807, 2.05) is 31.2 Å². The van der Waals surface area contributed by atoms with Crippen molar-refractivity contribution in [1.29, 1.82) is 0 Å². The Labute approximate surface area is 140 Å². The highest BCUT2D eigenvalue weighted by molar-refractivity contribution is 5.94. The van der Waals surface area contributed by atoms with Crippen LogP contribution in [0.2, 0.25) is 0 Å². The molecule has 2 heterocycles. The number of benzene rings is 1. The highest BCUT2D eigenvalue weighted by Crippen LogP contribution is 2.10. The summed E-state index contributed by atoms with van der Waals surface area (Å²) in [5.41, 5.74) is 4.17. The zero-order valence-corrected chi connectivity index (χ0v) is 13.7. The maximum Gasteiger partial charge on any atom is 0.278 e. The highest BCUT2D eigenvalue weighted by Gasteiger charge is 2.17. The highest BCUT2D eigenvalue weighted by atomic mass is 16.2. The quantitative estimate of drug-likeness (QED) is 0.693. The summed E-state index contributed by atoms with van der Waals surface area (Å²) in [5, 5.41) is 3.92. The molecule has 0 aliphatic carbocycles. The van der Waals surface area contributed by atoms with E-state index in [1.165, 1.54) is 6.20 Å². The second kappa shape index (κ2) is 7.21. The van der Waals surface area contributed by atoms with Crippen molar-refractivity contribution in [2.24, 2.45) is 5.10 Å². The molecule has 0 saturated heterocycles. The van der Waals surface area contributed by atoms with Crippen LogP contribution in [0.15, 0.2) is 40.4 Å². The van der Waals surface area contributed by atoms with Crippen molar-refractivity contribution in [1.82, 2.24) is 15.0 Å². The van der Waals surface area contributed by atoms with Gasteiger partial charge in [-0.3, -0.25) is 14.2 Å². The molecule has 0 bridgehead atoms. The molecule has 1 aliphatic rings.